The number of anilines is 2. The van der Waals surface area contributed by atoms with Crippen molar-refractivity contribution in [3.8, 4) is 0 Å². The van der Waals surface area contributed by atoms with E-state index in [2.05, 4.69) is 30.6 Å². The van der Waals surface area contributed by atoms with Crippen molar-refractivity contribution in [1.82, 2.24) is 24.8 Å². The second kappa shape index (κ2) is 12.5. The van der Waals surface area contributed by atoms with Gasteiger partial charge in [0.1, 0.15) is 17.5 Å². The Morgan fingerprint density at radius 1 is 1.32 bits per heavy atom. The highest BCUT2D eigenvalue weighted by molar-refractivity contribution is 5.90. The number of aryl methyl sites for hydroxylation is 1. The number of allylic oxidation sites excluding steroid dienone is 1. The van der Waals surface area contributed by atoms with E-state index in [-0.39, 0.29) is 12.4 Å². The lowest BCUT2D eigenvalue weighted by Crippen LogP contribution is -2.32. The van der Waals surface area contributed by atoms with Gasteiger partial charge in [-0.25, -0.2) is 14.2 Å². The normalized spacial score (nSPS) is 16.8. The molecule has 1 aliphatic rings. The molecule has 0 bridgehead atoms. The first-order chi connectivity index (χ1) is 17.6. The topological polar surface area (TPSA) is 145 Å². The monoisotopic (exact) mass is 519 g/mol. The highest BCUT2D eigenvalue weighted by Crippen LogP contribution is 2.26. The van der Waals surface area contributed by atoms with E-state index in [0.717, 1.165) is 19.3 Å². The van der Waals surface area contributed by atoms with Crippen molar-refractivity contribution in [2.24, 2.45) is 17.8 Å². The van der Waals surface area contributed by atoms with Crippen LogP contribution < -0.4 is 21.3 Å². The van der Waals surface area contributed by atoms with Crippen LogP contribution >= 0.6 is 0 Å². The molecule has 0 spiro atoms. The molecular formula is C24H38FN9O3. The fourth-order valence-electron chi connectivity index (χ4n) is 3.68. The summed E-state index contributed by atoms with van der Waals surface area (Å²) in [5.74, 6) is 0.989. The van der Waals surface area contributed by atoms with E-state index < -0.39 is 17.9 Å². The molecule has 1 aliphatic heterocycles. The Kier molecular flexibility index (Phi) is 9.48. The van der Waals surface area contributed by atoms with Gasteiger partial charge in [-0.1, -0.05) is 0 Å². The number of halogens is 1. The highest BCUT2D eigenvalue weighted by atomic mass is 19.1. The van der Waals surface area contributed by atoms with Gasteiger partial charge in [0, 0.05) is 26.7 Å². The largest absolute Gasteiger partial charge is 0.481 e. The molecule has 204 valence electrons. The third-order valence-corrected chi connectivity index (χ3v) is 5.55. The quantitative estimate of drug-likeness (QED) is 0.232. The van der Waals surface area contributed by atoms with Crippen molar-refractivity contribution >= 4 is 35.2 Å². The third-order valence-electron chi connectivity index (χ3n) is 5.55. The number of ether oxygens (including phenoxy) is 2. The van der Waals surface area contributed by atoms with Gasteiger partial charge in [0.25, 0.3) is 0 Å². The number of aromatic nitrogens is 4. The van der Waals surface area contributed by atoms with Crippen LogP contribution in [0.2, 0.25) is 0 Å². The molecular weight excluding hydrogens is 481 g/mol. The summed E-state index contributed by atoms with van der Waals surface area (Å²) in [4.78, 5) is 31.6. The number of nitrogens with one attached hydrogen (secondary N) is 2. The van der Waals surface area contributed by atoms with Crippen molar-refractivity contribution in [2.75, 3.05) is 43.5 Å². The SMILES string of the molecule is COC(N)=C(C=NCCCCCNC(=O)OC(C)(C)C)Nc1nc(N2CC[C@H](F)C2)nc2c1ncn2C. The second-order valence-electron chi connectivity index (χ2n) is 9.86. The molecule has 12 nitrogen and oxygen atoms in total. The molecule has 1 atom stereocenters. The molecule has 0 aromatic carbocycles. The molecule has 0 aliphatic carbocycles. The smallest absolute Gasteiger partial charge is 0.407 e. The van der Waals surface area contributed by atoms with Gasteiger partial charge in [0.2, 0.25) is 11.8 Å². The van der Waals surface area contributed by atoms with Crippen molar-refractivity contribution in [1.29, 1.82) is 0 Å². The van der Waals surface area contributed by atoms with Gasteiger partial charge in [0.05, 0.1) is 26.2 Å². The number of fused-ring (bicyclic) bond motifs is 1. The van der Waals surface area contributed by atoms with E-state index in [9.17, 15) is 9.18 Å². The minimum absolute atomic E-state index is 0.138. The first kappa shape index (κ1) is 27.9. The molecule has 13 heteroatoms. The van der Waals surface area contributed by atoms with Gasteiger partial charge in [-0.15, -0.1) is 0 Å². The molecule has 37 heavy (non-hydrogen) atoms. The van der Waals surface area contributed by atoms with Gasteiger partial charge in [0.15, 0.2) is 17.0 Å². The van der Waals surface area contributed by atoms with Gasteiger partial charge in [-0.2, -0.15) is 9.97 Å². The number of carbonyl (C=O) groups is 1. The highest BCUT2D eigenvalue weighted by Gasteiger charge is 2.26. The number of nitrogens with zero attached hydrogens (tertiary/aromatic N) is 6. The Hall–Kier alpha value is -3.64. The molecule has 1 fully saturated rings. The number of rotatable bonds is 11. The average Bonchev–Trinajstić information content (AvgIpc) is 3.44. The van der Waals surface area contributed by atoms with E-state index >= 15 is 0 Å². The Morgan fingerprint density at radius 3 is 2.78 bits per heavy atom. The maximum absolute atomic E-state index is 13.8. The first-order valence-corrected chi connectivity index (χ1v) is 12.4. The Morgan fingerprint density at radius 2 is 2.11 bits per heavy atom. The molecule has 3 rings (SSSR count). The molecule has 3 heterocycles. The third kappa shape index (κ3) is 8.19. The van der Waals surface area contributed by atoms with Gasteiger partial charge in [-0.3, -0.25) is 4.99 Å². The van der Waals surface area contributed by atoms with E-state index in [1.54, 1.807) is 17.1 Å². The van der Waals surface area contributed by atoms with Crippen LogP contribution in [0.1, 0.15) is 46.5 Å². The van der Waals surface area contributed by atoms with Crippen LogP contribution in [0.4, 0.5) is 21.0 Å². The minimum Gasteiger partial charge on any atom is -0.481 e. The minimum atomic E-state index is -0.901. The summed E-state index contributed by atoms with van der Waals surface area (Å²) >= 11 is 0. The lowest BCUT2D eigenvalue weighted by Gasteiger charge is -2.19. The number of unbranched alkanes of at least 4 members (excludes halogenated alkanes) is 2. The zero-order valence-electron chi connectivity index (χ0n) is 22.3. The molecule has 0 unspecified atom stereocenters. The molecule has 2 aromatic rings. The summed E-state index contributed by atoms with van der Waals surface area (Å²) in [6.07, 6.45) is 4.90. The Bertz CT molecular complexity index is 1130. The Labute approximate surface area is 216 Å². The van der Waals surface area contributed by atoms with Gasteiger partial charge >= 0.3 is 6.09 Å². The molecule has 1 amide bonds. The van der Waals surface area contributed by atoms with Gasteiger partial charge < -0.3 is 35.3 Å². The number of aliphatic imine (C=N–C) groups is 1. The number of alkyl halides is 1. The number of alkyl carbamates (subject to hydrolysis) is 1. The van der Waals surface area contributed by atoms with Crippen molar-refractivity contribution in [2.45, 2.75) is 58.2 Å². The summed E-state index contributed by atoms with van der Waals surface area (Å²) in [5.41, 5.74) is 7.15. The van der Waals surface area contributed by atoms with E-state index in [1.165, 1.54) is 7.11 Å². The standard InChI is InChI=1S/C24H38FN9O3/c1-24(2,3)37-23(35)28-11-8-6-7-10-27-13-17(19(26)36-5)30-20-18-21(33(4)15-29-18)32-22(31-20)34-12-9-16(25)14-34/h13,15-16H,6-12,14,26H2,1-5H3,(H,28,35)(H,30,31,32)/t16-/m0/s1. The molecule has 4 N–H and O–H groups in total. The van der Waals surface area contributed by atoms with E-state index in [0.29, 0.717) is 54.7 Å². The predicted molar refractivity (Wildman–Crippen MR) is 141 cm³/mol. The van der Waals surface area contributed by atoms with Crippen LogP contribution in [0, 0.1) is 0 Å². The van der Waals surface area contributed by atoms with Crippen LogP contribution in [-0.4, -0.2) is 76.9 Å². The van der Waals surface area contributed by atoms with E-state index in [4.69, 9.17) is 15.2 Å². The number of methoxy groups -OCH3 is 1. The summed E-state index contributed by atoms with van der Waals surface area (Å²) in [6.45, 7) is 7.38. The number of amides is 1. The molecule has 0 saturated carbocycles. The molecule has 2 aromatic heterocycles. The maximum Gasteiger partial charge on any atom is 0.407 e. The van der Waals surface area contributed by atoms with Crippen LogP contribution in [0.15, 0.2) is 22.9 Å². The van der Waals surface area contributed by atoms with Crippen molar-refractivity contribution in [3.63, 3.8) is 0 Å². The van der Waals surface area contributed by atoms with Crippen molar-refractivity contribution < 1.29 is 18.7 Å². The number of hydrogen-bond donors (Lipinski definition) is 3. The average molecular weight is 520 g/mol. The zero-order chi connectivity index (χ0) is 27.0. The first-order valence-electron chi connectivity index (χ1n) is 12.4. The Balaban J connectivity index is 1.59. The maximum atomic E-state index is 13.8. The van der Waals surface area contributed by atoms with Crippen LogP contribution in [0.25, 0.3) is 11.2 Å². The van der Waals surface area contributed by atoms with Gasteiger partial charge in [-0.05, 0) is 46.5 Å². The number of imidazole rings is 1. The number of nitrogens with two attached hydrogens (primary N) is 1. The lowest BCUT2D eigenvalue weighted by molar-refractivity contribution is 0.0527. The number of carbonyl (C=O) groups excluding carboxylic acids is 1. The fourth-order valence-corrected chi connectivity index (χ4v) is 3.68. The van der Waals surface area contributed by atoms with Crippen LogP contribution in [0.3, 0.4) is 0 Å². The summed E-state index contributed by atoms with van der Waals surface area (Å²) in [5, 5.41) is 5.92. The van der Waals surface area contributed by atoms with Crippen LogP contribution in [0.5, 0.6) is 0 Å². The summed E-state index contributed by atoms with van der Waals surface area (Å²) in [6, 6.07) is 0. The summed E-state index contributed by atoms with van der Waals surface area (Å²) in [7, 11) is 3.30. The van der Waals surface area contributed by atoms with Crippen molar-refractivity contribution in [3.05, 3.63) is 17.9 Å². The number of hydrogen-bond acceptors (Lipinski definition) is 10. The van der Waals surface area contributed by atoms with Crippen LogP contribution in [-0.2, 0) is 16.5 Å². The van der Waals surface area contributed by atoms with E-state index in [1.807, 2.05) is 32.7 Å². The second-order valence-corrected chi connectivity index (χ2v) is 9.86. The molecule has 0 radical (unpaired) electrons. The zero-order valence-corrected chi connectivity index (χ0v) is 22.3. The molecule has 1 saturated heterocycles. The fraction of sp³-hybridized carbons (Fsp3) is 0.625. The predicted octanol–water partition coefficient (Wildman–Crippen LogP) is 2.86. The lowest BCUT2D eigenvalue weighted by atomic mass is 10.2. The summed E-state index contributed by atoms with van der Waals surface area (Å²) < 4.78 is 26.0.